The summed E-state index contributed by atoms with van der Waals surface area (Å²) in [5.74, 6) is -2.03. The second-order valence-electron chi connectivity index (χ2n) is 4.50. The summed E-state index contributed by atoms with van der Waals surface area (Å²) in [6.45, 7) is 3.11. The molecule has 5 heteroatoms. The van der Waals surface area contributed by atoms with E-state index in [1.807, 2.05) is 4.90 Å². The van der Waals surface area contributed by atoms with E-state index in [1.54, 1.807) is 0 Å². The van der Waals surface area contributed by atoms with Crippen molar-refractivity contribution in [3.8, 4) is 0 Å². The third-order valence-corrected chi connectivity index (χ3v) is 2.98. The van der Waals surface area contributed by atoms with E-state index in [-0.39, 0.29) is 13.1 Å². The van der Waals surface area contributed by atoms with Crippen molar-refractivity contribution >= 4 is 0 Å². The average Bonchev–Trinajstić information content (AvgIpc) is 2.46. The van der Waals surface area contributed by atoms with E-state index < -0.39 is 12.3 Å². The normalized spacial score (nSPS) is 35.6. The molecule has 2 aliphatic rings. The number of likely N-dealkylation sites (tertiary alicyclic amines) is 2. The highest BCUT2D eigenvalue weighted by Gasteiger charge is 2.48. The summed E-state index contributed by atoms with van der Waals surface area (Å²) in [6, 6.07) is 0. The number of halogens is 2. The molecule has 0 aromatic rings. The number of aliphatic hydroxyl groups excluding tert-OH is 1. The van der Waals surface area contributed by atoms with Crippen molar-refractivity contribution in [3.63, 3.8) is 0 Å². The Morgan fingerprint density at radius 2 is 2.00 bits per heavy atom. The van der Waals surface area contributed by atoms with Gasteiger partial charge in [0.1, 0.15) is 0 Å². The van der Waals surface area contributed by atoms with Crippen molar-refractivity contribution in [1.82, 2.24) is 9.80 Å². The highest BCUT2D eigenvalue weighted by molar-refractivity contribution is 4.89. The quantitative estimate of drug-likeness (QED) is 0.715. The van der Waals surface area contributed by atoms with Gasteiger partial charge >= 0.3 is 0 Å². The maximum atomic E-state index is 12.5. The molecule has 82 valence electrons. The number of hydrogen-bond acceptors (Lipinski definition) is 3. The smallest absolute Gasteiger partial charge is 0.273 e. The molecule has 2 unspecified atom stereocenters. The van der Waals surface area contributed by atoms with Crippen molar-refractivity contribution in [1.29, 1.82) is 0 Å². The first-order valence-corrected chi connectivity index (χ1v) is 5.02. The standard InChI is InChI=1S/C9H16F2N2O/c1-7-2-3-12(4-7)8(14)13-5-9(10,11)6-13/h7-8,14H,2-6H2,1H3. The minimum atomic E-state index is -2.59. The molecule has 0 amide bonds. The summed E-state index contributed by atoms with van der Waals surface area (Å²) in [7, 11) is 0. The first-order chi connectivity index (χ1) is 6.48. The zero-order valence-corrected chi connectivity index (χ0v) is 8.29. The predicted octanol–water partition coefficient (Wildman–Crippen LogP) is 0.555. The Bertz CT molecular complexity index is 217. The van der Waals surface area contributed by atoms with Gasteiger partial charge in [-0.15, -0.1) is 0 Å². The van der Waals surface area contributed by atoms with Crippen LogP contribution in [0.2, 0.25) is 0 Å². The number of aliphatic hydroxyl groups is 1. The van der Waals surface area contributed by atoms with Crippen molar-refractivity contribution in [2.45, 2.75) is 25.6 Å². The number of alkyl halides is 2. The fourth-order valence-electron chi connectivity index (χ4n) is 2.12. The van der Waals surface area contributed by atoms with Gasteiger partial charge in [-0.1, -0.05) is 6.92 Å². The Balaban J connectivity index is 1.82. The third kappa shape index (κ3) is 1.89. The highest BCUT2D eigenvalue weighted by atomic mass is 19.3. The predicted molar refractivity (Wildman–Crippen MR) is 47.9 cm³/mol. The van der Waals surface area contributed by atoms with Crippen molar-refractivity contribution in [3.05, 3.63) is 0 Å². The Kier molecular flexibility index (Phi) is 2.49. The summed E-state index contributed by atoms with van der Waals surface area (Å²) in [4.78, 5) is 3.28. The Labute approximate surface area is 82.3 Å². The molecule has 0 aromatic heterocycles. The molecule has 1 N–H and O–H groups in total. The van der Waals surface area contributed by atoms with Crippen LogP contribution in [0.5, 0.6) is 0 Å². The molecular formula is C9H16F2N2O. The molecule has 0 aliphatic carbocycles. The molecule has 2 aliphatic heterocycles. The summed E-state index contributed by atoms with van der Waals surface area (Å²) in [5.41, 5.74) is 0. The summed E-state index contributed by atoms with van der Waals surface area (Å²) < 4.78 is 25.1. The largest absolute Gasteiger partial charge is 0.365 e. The van der Waals surface area contributed by atoms with Crippen LogP contribution in [-0.4, -0.2) is 53.4 Å². The molecular weight excluding hydrogens is 190 g/mol. The molecule has 2 heterocycles. The van der Waals surface area contributed by atoms with Crippen LogP contribution in [0.4, 0.5) is 8.78 Å². The lowest BCUT2D eigenvalue weighted by atomic mass is 10.1. The molecule has 2 fully saturated rings. The molecule has 2 rings (SSSR count). The molecule has 2 atom stereocenters. The fraction of sp³-hybridized carbons (Fsp3) is 1.00. The van der Waals surface area contributed by atoms with Gasteiger partial charge in [0, 0.05) is 13.1 Å². The topological polar surface area (TPSA) is 26.7 Å². The van der Waals surface area contributed by atoms with Gasteiger partial charge in [-0.3, -0.25) is 9.80 Å². The first-order valence-electron chi connectivity index (χ1n) is 5.02. The lowest BCUT2D eigenvalue weighted by molar-refractivity contribution is -0.221. The van der Waals surface area contributed by atoms with Gasteiger partial charge in [0.2, 0.25) is 0 Å². The Morgan fingerprint density at radius 1 is 1.36 bits per heavy atom. The monoisotopic (exact) mass is 206 g/mol. The van der Waals surface area contributed by atoms with Crippen LogP contribution in [-0.2, 0) is 0 Å². The maximum absolute atomic E-state index is 12.5. The molecule has 0 bridgehead atoms. The van der Waals surface area contributed by atoms with Crippen LogP contribution >= 0.6 is 0 Å². The maximum Gasteiger partial charge on any atom is 0.273 e. The molecule has 0 saturated carbocycles. The lowest BCUT2D eigenvalue weighted by Gasteiger charge is -2.44. The lowest BCUT2D eigenvalue weighted by Crippen LogP contribution is -2.63. The molecule has 2 saturated heterocycles. The SMILES string of the molecule is CC1CCN(C(O)N2CC(F)(F)C2)C1. The second-order valence-corrected chi connectivity index (χ2v) is 4.50. The molecule has 0 aromatic carbocycles. The van der Waals surface area contributed by atoms with Crippen LogP contribution in [0.3, 0.4) is 0 Å². The van der Waals surface area contributed by atoms with Gasteiger partial charge < -0.3 is 5.11 Å². The minimum Gasteiger partial charge on any atom is -0.365 e. The Hall–Kier alpha value is -0.260. The van der Waals surface area contributed by atoms with Gasteiger partial charge in [0.15, 0.2) is 6.35 Å². The number of nitrogens with zero attached hydrogens (tertiary/aromatic N) is 2. The zero-order chi connectivity index (χ0) is 10.3. The first kappa shape index (κ1) is 10.3. The van der Waals surface area contributed by atoms with E-state index in [2.05, 4.69) is 6.92 Å². The molecule has 14 heavy (non-hydrogen) atoms. The Morgan fingerprint density at radius 3 is 2.43 bits per heavy atom. The zero-order valence-electron chi connectivity index (χ0n) is 8.29. The third-order valence-electron chi connectivity index (χ3n) is 2.98. The van der Waals surface area contributed by atoms with E-state index in [0.717, 1.165) is 19.5 Å². The summed E-state index contributed by atoms with van der Waals surface area (Å²) in [6.07, 6.45) is 0.237. The fourth-order valence-corrected chi connectivity index (χ4v) is 2.12. The van der Waals surface area contributed by atoms with Crippen LogP contribution in [0.15, 0.2) is 0 Å². The number of rotatable bonds is 2. The van der Waals surface area contributed by atoms with Gasteiger partial charge in [0.05, 0.1) is 13.1 Å². The van der Waals surface area contributed by atoms with Gasteiger partial charge in [-0.2, -0.15) is 0 Å². The summed E-state index contributed by atoms with van der Waals surface area (Å²) >= 11 is 0. The van der Waals surface area contributed by atoms with E-state index in [9.17, 15) is 13.9 Å². The number of hydrogen-bond donors (Lipinski definition) is 1. The van der Waals surface area contributed by atoms with Gasteiger partial charge in [-0.25, -0.2) is 8.78 Å². The minimum absolute atomic E-state index is 0.307. The van der Waals surface area contributed by atoms with Crippen LogP contribution in [0.25, 0.3) is 0 Å². The molecule has 0 radical (unpaired) electrons. The van der Waals surface area contributed by atoms with Gasteiger partial charge in [0.25, 0.3) is 5.92 Å². The van der Waals surface area contributed by atoms with Crippen molar-refractivity contribution < 1.29 is 13.9 Å². The van der Waals surface area contributed by atoms with Crippen LogP contribution in [0.1, 0.15) is 13.3 Å². The van der Waals surface area contributed by atoms with Crippen molar-refractivity contribution in [2.24, 2.45) is 5.92 Å². The van der Waals surface area contributed by atoms with E-state index >= 15 is 0 Å². The van der Waals surface area contributed by atoms with Gasteiger partial charge in [-0.05, 0) is 12.3 Å². The van der Waals surface area contributed by atoms with E-state index in [4.69, 9.17) is 0 Å². The second kappa shape index (κ2) is 3.40. The highest BCUT2D eigenvalue weighted by Crippen LogP contribution is 2.30. The van der Waals surface area contributed by atoms with Crippen molar-refractivity contribution in [2.75, 3.05) is 26.2 Å². The molecule has 0 spiro atoms. The van der Waals surface area contributed by atoms with Crippen LogP contribution in [0, 0.1) is 5.92 Å². The molecule has 3 nitrogen and oxygen atoms in total. The van der Waals surface area contributed by atoms with E-state index in [1.165, 1.54) is 4.90 Å². The van der Waals surface area contributed by atoms with Crippen LogP contribution < -0.4 is 0 Å². The summed E-state index contributed by atoms with van der Waals surface area (Å²) in [5, 5.41) is 9.74. The van der Waals surface area contributed by atoms with E-state index in [0.29, 0.717) is 5.92 Å². The average molecular weight is 206 g/mol.